The third kappa shape index (κ3) is 3.71. The van der Waals surface area contributed by atoms with Crippen LogP contribution in [-0.2, 0) is 16.0 Å². The van der Waals surface area contributed by atoms with Crippen LogP contribution in [0.3, 0.4) is 0 Å². The van der Waals surface area contributed by atoms with E-state index in [0.717, 1.165) is 0 Å². The molecule has 0 unspecified atom stereocenters. The molecule has 2 rings (SSSR count). The van der Waals surface area contributed by atoms with Gasteiger partial charge in [-0.15, -0.1) is 0 Å². The van der Waals surface area contributed by atoms with Crippen molar-refractivity contribution in [2.45, 2.75) is 40.2 Å². The minimum atomic E-state index is -1.11. The first-order valence-electron chi connectivity index (χ1n) is 8.29. The van der Waals surface area contributed by atoms with Crippen molar-refractivity contribution in [3.05, 3.63) is 39.2 Å². The lowest BCUT2D eigenvalue weighted by Crippen LogP contribution is -2.45. The summed E-state index contributed by atoms with van der Waals surface area (Å²) < 4.78 is 10.7. The van der Waals surface area contributed by atoms with Crippen LogP contribution in [0.1, 0.15) is 30.5 Å². The Morgan fingerprint density at radius 3 is 2.42 bits per heavy atom. The molecule has 0 aliphatic carbocycles. The molecule has 0 saturated heterocycles. The molecule has 0 radical (unpaired) electrons. The number of amides is 1. The maximum atomic E-state index is 12.4. The lowest BCUT2D eigenvalue weighted by molar-refractivity contribution is -0.143. The van der Waals surface area contributed by atoms with E-state index in [4.69, 9.17) is 9.15 Å². The Bertz CT molecular complexity index is 912. The fraction of sp³-hybridized carbons (Fsp3) is 0.421. The Balaban J connectivity index is 2.40. The highest BCUT2D eigenvalue weighted by atomic mass is 16.5. The number of fused-ring (bicyclic) bond motifs is 1. The van der Waals surface area contributed by atoms with Crippen molar-refractivity contribution in [3.8, 4) is 5.75 Å². The number of ether oxygens (including phenoxy) is 1. The molecule has 7 nitrogen and oxygen atoms in total. The van der Waals surface area contributed by atoms with Gasteiger partial charge in [-0.2, -0.15) is 0 Å². The van der Waals surface area contributed by atoms with E-state index in [1.165, 1.54) is 7.11 Å². The molecule has 0 bridgehead atoms. The number of carboxylic acids is 1. The molecule has 26 heavy (non-hydrogen) atoms. The summed E-state index contributed by atoms with van der Waals surface area (Å²) in [5.41, 5.74) is 1.35. The van der Waals surface area contributed by atoms with Gasteiger partial charge in [0, 0.05) is 10.9 Å². The summed E-state index contributed by atoms with van der Waals surface area (Å²) in [5.74, 6) is -1.32. The number of methoxy groups -OCH3 is 1. The van der Waals surface area contributed by atoms with Crippen LogP contribution in [0, 0.1) is 19.8 Å². The molecule has 0 spiro atoms. The number of nitrogens with one attached hydrogen (secondary N) is 1. The fourth-order valence-corrected chi connectivity index (χ4v) is 2.89. The van der Waals surface area contributed by atoms with Crippen LogP contribution in [0.2, 0.25) is 0 Å². The molecule has 7 heteroatoms. The summed E-state index contributed by atoms with van der Waals surface area (Å²) >= 11 is 0. The summed E-state index contributed by atoms with van der Waals surface area (Å²) in [6, 6.07) is 2.53. The van der Waals surface area contributed by atoms with E-state index >= 15 is 0 Å². The lowest BCUT2D eigenvalue weighted by atomic mass is 10.00. The predicted octanol–water partition coefficient (Wildman–Crippen LogP) is 2.19. The first-order chi connectivity index (χ1) is 12.2. The van der Waals surface area contributed by atoms with Crippen LogP contribution in [0.4, 0.5) is 0 Å². The molecule has 140 valence electrons. The van der Waals surface area contributed by atoms with Crippen molar-refractivity contribution >= 4 is 22.8 Å². The van der Waals surface area contributed by atoms with E-state index < -0.39 is 23.5 Å². The van der Waals surface area contributed by atoms with Gasteiger partial charge in [-0.1, -0.05) is 13.8 Å². The second kappa shape index (κ2) is 7.59. The molecule has 1 amide bonds. The van der Waals surface area contributed by atoms with Crippen LogP contribution < -0.4 is 15.7 Å². The van der Waals surface area contributed by atoms with Crippen LogP contribution in [-0.4, -0.2) is 30.1 Å². The largest absolute Gasteiger partial charge is 0.496 e. The first-order valence-corrected chi connectivity index (χ1v) is 8.29. The van der Waals surface area contributed by atoms with Gasteiger partial charge in [0.25, 0.3) is 0 Å². The van der Waals surface area contributed by atoms with Gasteiger partial charge in [0.2, 0.25) is 5.91 Å². The van der Waals surface area contributed by atoms with Crippen LogP contribution in [0.15, 0.2) is 21.3 Å². The van der Waals surface area contributed by atoms with Crippen molar-refractivity contribution in [3.63, 3.8) is 0 Å². The van der Waals surface area contributed by atoms with Crippen molar-refractivity contribution in [1.29, 1.82) is 0 Å². The Morgan fingerprint density at radius 2 is 1.88 bits per heavy atom. The van der Waals surface area contributed by atoms with Crippen molar-refractivity contribution < 1.29 is 23.8 Å². The Kier molecular flexibility index (Phi) is 5.69. The number of aryl methyl sites for hydroxylation is 2. The molecular formula is C19H23NO6. The Labute approximate surface area is 151 Å². The summed E-state index contributed by atoms with van der Waals surface area (Å²) in [6.07, 6.45) is -0.244. The van der Waals surface area contributed by atoms with E-state index in [2.05, 4.69) is 5.32 Å². The second-order valence-electron chi connectivity index (χ2n) is 6.57. The molecule has 0 fully saturated rings. The first kappa shape index (κ1) is 19.5. The highest BCUT2D eigenvalue weighted by Gasteiger charge is 2.25. The van der Waals surface area contributed by atoms with Crippen molar-refractivity contribution in [2.75, 3.05) is 7.11 Å². The zero-order valence-electron chi connectivity index (χ0n) is 15.5. The summed E-state index contributed by atoms with van der Waals surface area (Å²) in [6.45, 7) is 6.93. The Morgan fingerprint density at radius 1 is 1.23 bits per heavy atom. The SMILES string of the molecule is COc1ccc2c(C)c(CC(=O)N[C@H](C(=O)O)C(C)C)c(=O)oc2c1C. The Hall–Kier alpha value is -2.83. The minimum absolute atomic E-state index is 0.215. The molecular weight excluding hydrogens is 338 g/mol. The number of carbonyl (C=O) groups is 2. The number of carbonyl (C=O) groups excluding carboxylic acids is 1. The number of hydrogen-bond donors (Lipinski definition) is 2. The average Bonchev–Trinajstić information content (AvgIpc) is 2.57. The minimum Gasteiger partial charge on any atom is -0.496 e. The average molecular weight is 361 g/mol. The number of hydrogen-bond acceptors (Lipinski definition) is 5. The maximum Gasteiger partial charge on any atom is 0.340 e. The van der Waals surface area contributed by atoms with Crippen LogP contribution >= 0.6 is 0 Å². The highest BCUT2D eigenvalue weighted by molar-refractivity contribution is 5.89. The topological polar surface area (TPSA) is 106 Å². The van der Waals surface area contributed by atoms with Gasteiger partial charge in [0.05, 0.1) is 19.1 Å². The van der Waals surface area contributed by atoms with Gasteiger partial charge in [-0.3, -0.25) is 4.79 Å². The number of benzene rings is 1. The van der Waals surface area contributed by atoms with E-state index in [-0.39, 0.29) is 17.9 Å². The number of carboxylic acid groups (broad SMARTS) is 1. The van der Waals surface area contributed by atoms with Gasteiger partial charge in [0.1, 0.15) is 17.4 Å². The van der Waals surface area contributed by atoms with E-state index in [9.17, 15) is 19.5 Å². The van der Waals surface area contributed by atoms with Crippen molar-refractivity contribution in [1.82, 2.24) is 5.32 Å². The molecule has 1 aromatic carbocycles. The third-order valence-electron chi connectivity index (χ3n) is 4.46. The van der Waals surface area contributed by atoms with Gasteiger partial charge in [0.15, 0.2) is 0 Å². The summed E-state index contributed by atoms with van der Waals surface area (Å²) in [7, 11) is 1.53. The van der Waals surface area contributed by atoms with E-state index in [1.54, 1.807) is 39.8 Å². The molecule has 0 aliphatic rings. The standard InChI is InChI=1S/C19H23NO6/c1-9(2)16(18(22)23)20-15(21)8-13-10(3)12-6-7-14(25-5)11(4)17(12)26-19(13)24/h6-7,9,16H,8H2,1-5H3,(H,20,21)(H,22,23)/t16-/m0/s1. The summed E-state index contributed by atoms with van der Waals surface area (Å²) in [5, 5.41) is 12.4. The monoisotopic (exact) mass is 361 g/mol. The van der Waals surface area contributed by atoms with Gasteiger partial charge in [-0.25, -0.2) is 9.59 Å². The number of rotatable bonds is 6. The maximum absolute atomic E-state index is 12.4. The molecule has 1 aromatic heterocycles. The predicted molar refractivity (Wildman–Crippen MR) is 96.6 cm³/mol. The normalized spacial score (nSPS) is 12.2. The molecule has 1 atom stereocenters. The van der Waals surface area contributed by atoms with E-state index in [0.29, 0.717) is 27.8 Å². The zero-order valence-corrected chi connectivity index (χ0v) is 15.5. The molecule has 0 aliphatic heterocycles. The molecule has 2 aromatic rings. The lowest BCUT2D eigenvalue weighted by Gasteiger charge is -2.18. The van der Waals surface area contributed by atoms with Crippen LogP contribution in [0.5, 0.6) is 5.75 Å². The van der Waals surface area contributed by atoms with E-state index in [1.807, 2.05) is 0 Å². The quantitative estimate of drug-likeness (QED) is 0.764. The number of aliphatic carboxylic acids is 1. The third-order valence-corrected chi connectivity index (χ3v) is 4.46. The molecule has 1 heterocycles. The van der Waals surface area contributed by atoms with Gasteiger partial charge in [-0.05, 0) is 37.5 Å². The van der Waals surface area contributed by atoms with Gasteiger partial charge >= 0.3 is 11.6 Å². The highest BCUT2D eigenvalue weighted by Crippen LogP contribution is 2.29. The van der Waals surface area contributed by atoms with Gasteiger partial charge < -0.3 is 19.6 Å². The van der Waals surface area contributed by atoms with Crippen molar-refractivity contribution in [2.24, 2.45) is 5.92 Å². The zero-order chi connectivity index (χ0) is 19.6. The van der Waals surface area contributed by atoms with Crippen LogP contribution in [0.25, 0.3) is 11.0 Å². The molecule has 0 saturated carbocycles. The summed E-state index contributed by atoms with van der Waals surface area (Å²) in [4.78, 5) is 35.9. The second-order valence-corrected chi connectivity index (χ2v) is 6.57. The smallest absolute Gasteiger partial charge is 0.340 e. The molecule has 2 N–H and O–H groups in total. The fourth-order valence-electron chi connectivity index (χ4n) is 2.89.